The van der Waals surface area contributed by atoms with Crippen LogP contribution in [0.5, 0.6) is 5.75 Å². The summed E-state index contributed by atoms with van der Waals surface area (Å²) in [5.41, 5.74) is 2.10. The molecule has 0 unspecified atom stereocenters. The number of nitrogens with zero attached hydrogens (tertiary/aromatic N) is 1. The van der Waals surface area contributed by atoms with Crippen LogP contribution in [0.4, 0.5) is 5.69 Å². The molecule has 0 atom stereocenters. The van der Waals surface area contributed by atoms with E-state index in [1.54, 1.807) is 13.3 Å². The Morgan fingerprint density at radius 2 is 2.19 bits per heavy atom. The lowest BCUT2D eigenvalue weighted by atomic mass is 10.1. The minimum atomic E-state index is 0.581. The molecule has 1 aliphatic heterocycles. The average Bonchev–Trinajstić information content (AvgIpc) is 2.31. The summed E-state index contributed by atoms with van der Waals surface area (Å²) in [5, 5.41) is 3.56. The van der Waals surface area contributed by atoms with Crippen molar-refractivity contribution in [1.82, 2.24) is 4.98 Å². The van der Waals surface area contributed by atoms with Gasteiger partial charge in [-0.05, 0) is 37.3 Å². The molecule has 1 aromatic rings. The van der Waals surface area contributed by atoms with Crippen molar-refractivity contribution in [2.75, 3.05) is 23.9 Å². The van der Waals surface area contributed by atoms with Crippen molar-refractivity contribution in [2.24, 2.45) is 0 Å². The highest BCUT2D eigenvalue weighted by Crippen LogP contribution is 2.27. The Morgan fingerprint density at radius 3 is 2.88 bits per heavy atom. The fraction of sp³-hybridized carbons (Fsp3) is 0.583. The standard InChI is InChI=1S/C12H18N2OS/c1-9-7-11(12(15-2)8-13-9)14-10-3-5-16-6-4-10/h7-8,10H,3-6H2,1-2H3,(H,13,14). The minimum Gasteiger partial charge on any atom is -0.493 e. The Hall–Kier alpha value is -0.900. The van der Waals surface area contributed by atoms with Gasteiger partial charge in [0.15, 0.2) is 5.75 Å². The summed E-state index contributed by atoms with van der Waals surface area (Å²) in [5.74, 6) is 3.34. The van der Waals surface area contributed by atoms with E-state index >= 15 is 0 Å². The highest BCUT2D eigenvalue weighted by Gasteiger charge is 2.15. The first-order valence-electron chi connectivity index (χ1n) is 5.64. The molecule has 2 heterocycles. The fourth-order valence-corrected chi connectivity index (χ4v) is 2.99. The van der Waals surface area contributed by atoms with Crippen molar-refractivity contribution < 1.29 is 4.74 Å². The zero-order chi connectivity index (χ0) is 11.4. The first kappa shape index (κ1) is 11.6. The summed E-state index contributed by atoms with van der Waals surface area (Å²) in [6, 6.07) is 2.64. The molecule has 2 rings (SSSR count). The summed E-state index contributed by atoms with van der Waals surface area (Å²) in [4.78, 5) is 4.23. The second-order valence-electron chi connectivity index (χ2n) is 4.06. The van der Waals surface area contributed by atoms with Crippen LogP contribution in [-0.4, -0.2) is 29.6 Å². The van der Waals surface area contributed by atoms with Crippen LogP contribution in [0.3, 0.4) is 0 Å². The van der Waals surface area contributed by atoms with Crippen LogP contribution in [-0.2, 0) is 0 Å². The molecule has 16 heavy (non-hydrogen) atoms. The van der Waals surface area contributed by atoms with E-state index in [1.807, 2.05) is 18.7 Å². The lowest BCUT2D eigenvalue weighted by Crippen LogP contribution is -2.24. The zero-order valence-electron chi connectivity index (χ0n) is 9.82. The summed E-state index contributed by atoms with van der Waals surface area (Å²) >= 11 is 2.04. The van der Waals surface area contributed by atoms with E-state index in [2.05, 4.69) is 16.4 Å². The molecular formula is C12H18N2OS. The molecule has 4 heteroatoms. The second kappa shape index (κ2) is 5.43. The van der Waals surface area contributed by atoms with E-state index in [1.165, 1.54) is 24.3 Å². The van der Waals surface area contributed by atoms with Crippen LogP contribution in [0, 0.1) is 6.92 Å². The third-order valence-electron chi connectivity index (χ3n) is 2.80. The van der Waals surface area contributed by atoms with Gasteiger partial charge in [0.2, 0.25) is 0 Å². The van der Waals surface area contributed by atoms with E-state index in [-0.39, 0.29) is 0 Å². The largest absolute Gasteiger partial charge is 0.493 e. The number of methoxy groups -OCH3 is 1. The Kier molecular flexibility index (Phi) is 3.93. The van der Waals surface area contributed by atoms with Gasteiger partial charge in [0.05, 0.1) is 19.0 Å². The third-order valence-corrected chi connectivity index (χ3v) is 3.85. The van der Waals surface area contributed by atoms with E-state index in [4.69, 9.17) is 4.74 Å². The van der Waals surface area contributed by atoms with Gasteiger partial charge in [-0.15, -0.1) is 0 Å². The molecule has 3 nitrogen and oxygen atoms in total. The molecule has 0 amide bonds. The average molecular weight is 238 g/mol. The van der Waals surface area contributed by atoms with Gasteiger partial charge >= 0.3 is 0 Å². The van der Waals surface area contributed by atoms with E-state index < -0.39 is 0 Å². The van der Waals surface area contributed by atoms with E-state index in [0.717, 1.165) is 17.1 Å². The summed E-state index contributed by atoms with van der Waals surface area (Å²) in [7, 11) is 1.69. The lowest BCUT2D eigenvalue weighted by Gasteiger charge is -2.24. The Bertz CT molecular complexity index is 351. The van der Waals surface area contributed by atoms with Crippen LogP contribution in [0.15, 0.2) is 12.3 Å². The number of hydrogen-bond donors (Lipinski definition) is 1. The highest BCUT2D eigenvalue weighted by molar-refractivity contribution is 7.99. The van der Waals surface area contributed by atoms with E-state index in [0.29, 0.717) is 6.04 Å². The SMILES string of the molecule is COc1cnc(C)cc1NC1CCSCC1. The van der Waals surface area contributed by atoms with Gasteiger partial charge in [-0.25, -0.2) is 0 Å². The number of hydrogen-bond acceptors (Lipinski definition) is 4. The normalized spacial score (nSPS) is 17.1. The van der Waals surface area contributed by atoms with Gasteiger partial charge < -0.3 is 10.1 Å². The Labute approximate surface area is 101 Å². The Balaban J connectivity index is 2.09. The van der Waals surface area contributed by atoms with Crippen LogP contribution in [0.2, 0.25) is 0 Å². The van der Waals surface area contributed by atoms with Gasteiger partial charge in [0.25, 0.3) is 0 Å². The van der Waals surface area contributed by atoms with E-state index in [9.17, 15) is 0 Å². The van der Waals surface area contributed by atoms with Crippen molar-refractivity contribution in [3.8, 4) is 5.75 Å². The van der Waals surface area contributed by atoms with Crippen molar-refractivity contribution >= 4 is 17.4 Å². The van der Waals surface area contributed by atoms with Gasteiger partial charge in [-0.1, -0.05) is 0 Å². The molecule has 0 aliphatic carbocycles. The summed E-state index contributed by atoms with van der Waals surface area (Å²) in [6.45, 7) is 2.00. The number of aryl methyl sites for hydroxylation is 1. The topological polar surface area (TPSA) is 34.1 Å². The van der Waals surface area contributed by atoms with Crippen LogP contribution < -0.4 is 10.1 Å². The molecular weight excluding hydrogens is 220 g/mol. The molecule has 1 aromatic heterocycles. The molecule has 1 aliphatic rings. The number of anilines is 1. The first-order chi connectivity index (χ1) is 7.79. The summed E-state index contributed by atoms with van der Waals surface area (Å²) in [6.07, 6.45) is 4.25. The molecule has 0 radical (unpaired) electrons. The molecule has 1 N–H and O–H groups in total. The predicted molar refractivity (Wildman–Crippen MR) is 69.5 cm³/mol. The number of pyridine rings is 1. The second-order valence-corrected chi connectivity index (χ2v) is 5.28. The summed E-state index contributed by atoms with van der Waals surface area (Å²) < 4.78 is 5.31. The monoisotopic (exact) mass is 238 g/mol. The van der Waals surface area contributed by atoms with Crippen molar-refractivity contribution in [3.63, 3.8) is 0 Å². The van der Waals surface area contributed by atoms with Crippen molar-refractivity contribution in [2.45, 2.75) is 25.8 Å². The minimum absolute atomic E-state index is 0.581. The lowest BCUT2D eigenvalue weighted by molar-refractivity contribution is 0.413. The fourth-order valence-electron chi connectivity index (χ4n) is 1.88. The molecule has 88 valence electrons. The van der Waals surface area contributed by atoms with Crippen LogP contribution >= 0.6 is 11.8 Å². The molecule has 0 spiro atoms. The smallest absolute Gasteiger partial charge is 0.160 e. The van der Waals surface area contributed by atoms with Crippen LogP contribution in [0.1, 0.15) is 18.5 Å². The maximum atomic E-state index is 5.31. The van der Waals surface area contributed by atoms with Gasteiger partial charge in [-0.3, -0.25) is 4.98 Å². The molecule has 1 fully saturated rings. The quantitative estimate of drug-likeness (QED) is 0.878. The maximum absolute atomic E-state index is 5.31. The maximum Gasteiger partial charge on any atom is 0.160 e. The van der Waals surface area contributed by atoms with Gasteiger partial charge in [-0.2, -0.15) is 11.8 Å². The molecule has 1 saturated heterocycles. The number of nitrogens with one attached hydrogen (secondary N) is 1. The molecule has 0 saturated carbocycles. The van der Waals surface area contributed by atoms with Crippen molar-refractivity contribution in [1.29, 1.82) is 0 Å². The zero-order valence-corrected chi connectivity index (χ0v) is 10.6. The molecule has 0 aromatic carbocycles. The number of rotatable bonds is 3. The van der Waals surface area contributed by atoms with Gasteiger partial charge in [0, 0.05) is 11.7 Å². The predicted octanol–water partition coefficient (Wildman–Crippen LogP) is 2.71. The number of ether oxygens (including phenoxy) is 1. The first-order valence-corrected chi connectivity index (χ1v) is 6.80. The van der Waals surface area contributed by atoms with Gasteiger partial charge in [0.1, 0.15) is 0 Å². The van der Waals surface area contributed by atoms with Crippen LogP contribution in [0.25, 0.3) is 0 Å². The van der Waals surface area contributed by atoms with Crippen molar-refractivity contribution in [3.05, 3.63) is 18.0 Å². The highest BCUT2D eigenvalue weighted by atomic mass is 32.2. The Morgan fingerprint density at radius 1 is 1.44 bits per heavy atom. The third kappa shape index (κ3) is 2.82. The molecule has 0 bridgehead atoms. The number of thioether (sulfide) groups is 1. The number of aromatic nitrogens is 1.